The van der Waals surface area contributed by atoms with Crippen molar-refractivity contribution >= 4 is 52.3 Å². The third-order valence-electron chi connectivity index (χ3n) is 4.13. The van der Waals surface area contributed by atoms with Crippen molar-refractivity contribution in [3.8, 4) is 0 Å². The largest absolute Gasteiger partial charge is 0.383 e. The van der Waals surface area contributed by atoms with Crippen LogP contribution in [-0.4, -0.2) is 48.6 Å². The summed E-state index contributed by atoms with van der Waals surface area (Å²) in [6.07, 6.45) is 1.90. The summed E-state index contributed by atoms with van der Waals surface area (Å²) < 4.78 is 6.19. The number of aromatic nitrogens is 1. The summed E-state index contributed by atoms with van der Waals surface area (Å²) in [6.45, 7) is 1.77. The van der Waals surface area contributed by atoms with Gasteiger partial charge in [-0.25, -0.2) is 4.98 Å². The third kappa shape index (κ3) is 4.58. The summed E-state index contributed by atoms with van der Waals surface area (Å²) in [5.41, 5.74) is 6.90. The second-order valence-electron chi connectivity index (χ2n) is 5.68. The zero-order valence-electron chi connectivity index (χ0n) is 13.5. The summed E-state index contributed by atoms with van der Waals surface area (Å²) in [6, 6.07) is 7.67. The van der Waals surface area contributed by atoms with Gasteiger partial charge in [0.15, 0.2) is 0 Å². The number of likely N-dealkylation sites (tertiary alicyclic amines) is 1. The molecule has 1 unspecified atom stereocenters. The third-order valence-corrected chi connectivity index (χ3v) is 5.33. The number of para-hydroxylation sites is 1. The van der Waals surface area contributed by atoms with Gasteiger partial charge in [-0.3, -0.25) is 4.79 Å². The molecule has 1 fully saturated rings. The van der Waals surface area contributed by atoms with E-state index in [1.165, 1.54) is 9.71 Å². The number of benzene rings is 1. The Hall–Kier alpha value is -0.920. The van der Waals surface area contributed by atoms with Crippen molar-refractivity contribution in [3.05, 3.63) is 29.3 Å². The van der Waals surface area contributed by atoms with Gasteiger partial charge >= 0.3 is 0 Å². The van der Waals surface area contributed by atoms with E-state index in [0.29, 0.717) is 5.92 Å². The maximum absolute atomic E-state index is 12.2. The minimum atomic E-state index is -0.552. The highest BCUT2D eigenvalue weighted by Gasteiger charge is 2.28. The van der Waals surface area contributed by atoms with Crippen LogP contribution in [0.2, 0.25) is 0 Å². The van der Waals surface area contributed by atoms with Gasteiger partial charge in [-0.05, 0) is 25.0 Å². The number of carbonyl (C=O) groups is 1. The fraction of sp³-hybridized carbons (Fsp3) is 0.500. The highest BCUT2D eigenvalue weighted by atomic mass is 35.5. The van der Waals surface area contributed by atoms with Crippen LogP contribution in [0.1, 0.15) is 23.8 Å². The van der Waals surface area contributed by atoms with Gasteiger partial charge < -0.3 is 15.4 Å². The van der Waals surface area contributed by atoms with Gasteiger partial charge in [0.25, 0.3) is 0 Å². The molecular formula is C16H23Cl2N3O2S. The molecule has 8 heteroatoms. The Morgan fingerprint density at radius 1 is 1.38 bits per heavy atom. The number of ether oxygens (including phenoxy) is 1. The lowest BCUT2D eigenvalue weighted by Gasteiger charge is -2.32. The predicted molar refractivity (Wildman–Crippen MR) is 103 cm³/mol. The van der Waals surface area contributed by atoms with Crippen molar-refractivity contribution in [1.29, 1.82) is 0 Å². The minimum absolute atomic E-state index is 0. The fourth-order valence-electron chi connectivity index (χ4n) is 2.90. The van der Waals surface area contributed by atoms with Gasteiger partial charge in [0.1, 0.15) is 6.04 Å². The average Bonchev–Trinajstić information content (AvgIpc) is 2.98. The van der Waals surface area contributed by atoms with Gasteiger partial charge in [0.2, 0.25) is 5.91 Å². The van der Waals surface area contributed by atoms with Crippen LogP contribution in [0, 0.1) is 0 Å². The average molecular weight is 392 g/mol. The maximum atomic E-state index is 12.2. The number of nitrogens with two attached hydrogens (primary N) is 1. The van der Waals surface area contributed by atoms with E-state index in [0.717, 1.165) is 31.4 Å². The number of carbonyl (C=O) groups excluding carboxylic acids is 1. The first kappa shape index (κ1) is 21.1. The number of rotatable bonds is 4. The van der Waals surface area contributed by atoms with Crippen molar-refractivity contribution in [1.82, 2.24) is 9.88 Å². The van der Waals surface area contributed by atoms with E-state index >= 15 is 0 Å². The lowest BCUT2D eigenvalue weighted by Crippen LogP contribution is -2.48. The molecule has 0 bridgehead atoms. The normalized spacial score (nSPS) is 16.3. The Bertz CT molecular complexity index is 627. The van der Waals surface area contributed by atoms with Crippen LogP contribution in [0.3, 0.4) is 0 Å². The number of methoxy groups -OCH3 is 1. The standard InChI is InChI=1S/C16H21N3O2S.2ClH/c1-21-10-12(17)16(20)19-8-6-11(7-9-19)15-18-13-4-2-3-5-14(13)22-15;;/h2-5,11-12H,6-10,17H2,1H3;2*1H. The molecular weight excluding hydrogens is 369 g/mol. The van der Waals surface area contributed by atoms with E-state index in [9.17, 15) is 4.79 Å². The molecule has 24 heavy (non-hydrogen) atoms. The van der Waals surface area contributed by atoms with Crippen molar-refractivity contribution in [2.75, 3.05) is 26.8 Å². The quantitative estimate of drug-likeness (QED) is 0.869. The van der Waals surface area contributed by atoms with Crippen molar-refractivity contribution in [2.24, 2.45) is 5.73 Å². The summed E-state index contributed by atoms with van der Waals surface area (Å²) in [5, 5.41) is 1.19. The van der Waals surface area contributed by atoms with Crippen molar-refractivity contribution < 1.29 is 9.53 Å². The SMILES string of the molecule is COCC(N)C(=O)N1CCC(c2nc3ccccc3s2)CC1.Cl.Cl. The zero-order valence-corrected chi connectivity index (χ0v) is 16.0. The first-order valence-electron chi connectivity index (χ1n) is 7.58. The van der Waals surface area contributed by atoms with Crippen LogP contribution < -0.4 is 5.73 Å². The van der Waals surface area contributed by atoms with Crippen LogP contribution in [-0.2, 0) is 9.53 Å². The predicted octanol–water partition coefficient (Wildman–Crippen LogP) is 2.82. The van der Waals surface area contributed by atoms with E-state index in [1.54, 1.807) is 18.4 Å². The molecule has 1 aromatic carbocycles. The first-order valence-corrected chi connectivity index (χ1v) is 8.39. The monoisotopic (exact) mass is 391 g/mol. The Morgan fingerprint density at radius 3 is 2.67 bits per heavy atom. The number of halogens is 2. The molecule has 2 N–H and O–H groups in total. The second kappa shape index (κ2) is 9.53. The Morgan fingerprint density at radius 2 is 2.04 bits per heavy atom. The molecule has 1 aliphatic heterocycles. The molecule has 3 rings (SSSR count). The van der Waals surface area contributed by atoms with Gasteiger partial charge in [-0.15, -0.1) is 36.2 Å². The molecule has 1 saturated heterocycles. The van der Waals surface area contributed by atoms with Gasteiger partial charge in [0, 0.05) is 26.1 Å². The molecule has 5 nitrogen and oxygen atoms in total. The molecule has 1 amide bonds. The summed E-state index contributed by atoms with van der Waals surface area (Å²) in [7, 11) is 1.56. The first-order chi connectivity index (χ1) is 10.7. The number of fused-ring (bicyclic) bond motifs is 1. The van der Waals surface area contributed by atoms with Crippen LogP contribution >= 0.6 is 36.2 Å². The summed E-state index contributed by atoms with van der Waals surface area (Å²) >= 11 is 1.77. The smallest absolute Gasteiger partial charge is 0.241 e. The van der Waals surface area contributed by atoms with Crippen LogP contribution in [0.5, 0.6) is 0 Å². The maximum Gasteiger partial charge on any atom is 0.241 e. The van der Waals surface area contributed by atoms with Gasteiger partial charge in [-0.2, -0.15) is 0 Å². The Kier molecular flexibility index (Phi) is 8.39. The van der Waals surface area contributed by atoms with E-state index in [1.807, 2.05) is 17.0 Å². The molecule has 2 aromatic rings. The highest BCUT2D eigenvalue weighted by molar-refractivity contribution is 7.18. The van der Waals surface area contributed by atoms with Crippen molar-refractivity contribution in [2.45, 2.75) is 24.8 Å². The fourth-order valence-corrected chi connectivity index (χ4v) is 4.03. The molecule has 1 aromatic heterocycles. The number of hydrogen-bond acceptors (Lipinski definition) is 5. The van der Waals surface area contributed by atoms with Gasteiger partial charge in [0.05, 0.1) is 21.8 Å². The Labute approximate surface area is 158 Å². The lowest BCUT2D eigenvalue weighted by molar-refractivity contribution is -0.134. The van der Waals surface area contributed by atoms with Crippen LogP contribution in [0.4, 0.5) is 0 Å². The number of hydrogen-bond donors (Lipinski definition) is 1. The van der Waals surface area contributed by atoms with Crippen LogP contribution in [0.25, 0.3) is 10.2 Å². The number of piperidine rings is 1. The molecule has 0 radical (unpaired) electrons. The minimum Gasteiger partial charge on any atom is -0.383 e. The number of nitrogens with zero attached hydrogens (tertiary/aromatic N) is 2. The van der Waals surface area contributed by atoms with E-state index in [-0.39, 0.29) is 37.3 Å². The van der Waals surface area contributed by atoms with E-state index in [2.05, 4.69) is 12.1 Å². The molecule has 1 aliphatic rings. The van der Waals surface area contributed by atoms with E-state index < -0.39 is 6.04 Å². The molecule has 0 aliphatic carbocycles. The molecule has 134 valence electrons. The molecule has 0 spiro atoms. The second-order valence-corrected chi connectivity index (χ2v) is 6.74. The summed E-state index contributed by atoms with van der Waals surface area (Å²) in [5.74, 6) is 0.435. The van der Waals surface area contributed by atoms with Crippen molar-refractivity contribution in [3.63, 3.8) is 0 Å². The molecule has 0 saturated carbocycles. The molecule has 2 heterocycles. The number of thiazole rings is 1. The molecule has 1 atom stereocenters. The topological polar surface area (TPSA) is 68.5 Å². The van der Waals surface area contributed by atoms with Gasteiger partial charge in [-0.1, -0.05) is 12.1 Å². The zero-order chi connectivity index (χ0) is 15.5. The van der Waals surface area contributed by atoms with Crippen LogP contribution in [0.15, 0.2) is 24.3 Å². The Balaban J connectivity index is 0.00000144. The highest BCUT2D eigenvalue weighted by Crippen LogP contribution is 2.33. The summed E-state index contributed by atoms with van der Waals surface area (Å²) in [4.78, 5) is 18.8. The number of amides is 1. The lowest BCUT2D eigenvalue weighted by atomic mass is 9.97. The van der Waals surface area contributed by atoms with E-state index in [4.69, 9.17) is 15.5 Å².